The van der Waals surface area contributed by atoms with Crippen LogP contribution in [0.4, 0.5) is 4.39 Å². The SMILES string of the molecule is [B]c1cncc(-c2ccc(Cl)cc2F)c1C. The summed E-state index contributed by atoms with van der Waals surface area (Å²) in [5.41, 5.74) is 2.51. The molecule has 0 bridgehead atoms. The molecule has 1 nitrogen and oxygen atoms in total. The standard InChI is InChI=1S/C12H8BClFN/c1-7-10(5-16-6-11(7)13)9-3-2-8(14)4-12(9)15/h2-6H,1H3. The fourth-order valence-corrected chi connectivity index (χ4v) is 1.68. The van der Waals surface area contributed by atoms with Gasteiger partial charge in [-0.3, -0.25) is 4.98 Å². The number of rotatable bonds is 1. The van der Waals surface area contributed by atoms with Gasteiger partial charge in [0.25, 0.3) is 0 Å². The Balaban J connectivity index is 2.63. The number of hydrogen-bond acceptors (Lipinski definition) is 1. The summed E-state index contributed by atoms with van der Waals surface area (Å²) in [5.74, 6) is -0.372. The summed E-state index contributed by atoms with van der Waals surface area (Å²) in [5, 5.41) is 0.371. The molecule has 0 aliphatic rings. The number of benzene rings is 1. The Morgan fingerprint density at radius 1 is 1.25 bits per heavy atom. The van der Waals surface area contributed by atoms with Crippen molar-refractivity contribution < 1.29 is 4.39 Å². The summed E-state index contributed by atoms with van der Waals surface area (Å²) in [6.45, 7) is 1.83. The Morgan fingerprint density at radius 2 is 2.00 bits per heavy atom. The van der Waals surface area contributed by atoms with Crippen LogP contribution in [0.15, 0.2) is 30.6 Å². The molecule has 2 radical (unpaired) electrons. The van der Waals surface area contributed by atoms with Gasteiger partial charge in [-0.05, 0) is 30.7 Å². The number of halogens is 2. The molecule has 0 aliphatic carbocycles. The van der Waals surface area contributed by atoms with Gasteiger partial charge in [0.2, 0.25) is 0 Å². The molecule has 1 aromatic carbocycles. The molecule has 0 spiro atoms. The van der Waals surface area contributed by atoms with Crippen LogP contribution in [-0.4, -0.2) is 12.8 Å². The average molecular weight is 231 g/mol. The second-order valence-electron chi connectivity index (χ2n) is 3.53. The molecule has 0 unspecified atom stereocenters. The van der Waals surface area contributed by atoms with E-state index in [-0.39, 0.29) is 5.82 Å². The van der Waals surface area contributed by atoms with Crippen molar-refractivity contribution in [3.05, 3.63) is 47.0 Å². The van der Waals surface area contributed by atoms with E-state index in [9.17, 15) is 4.39 Å². The minimum atomic E-state index is -0.372. The Labute approximate surface area is 99.7 Å². The minimum absolute atomic E-state index is 0.371. The van der Waals surface area contributed by atoms with Crippen LogP contribution in [0.3, 0.4) is 0 Å². The van der Waals surface area contributed by atoms with Crippen molar-refractivity contribution >= 4 is 24.9 Å². The molecule has 0 atom stereocenters. The lowest BCUT2D eigenvalue weighted by molar-refractivity contribution is 0.631. The summed E-state index contributed by atoms with van der Waals surface area (Å²) >= 11 is 5.70. The second-order valence-corrected chi connectivity index (χ2v) is 3.96. The first-order valence-electron chi connectivity index (χ1n) is 4.75. The van der Waals surface area contributed by atoms with Crippen LogP contribution in [-0.2, 0) is 0 Å². The fraction of sp³-hybridized carbons (Fsp3) is 0.0833. The molecule has 0 saturated carbocycles. The lowest BCUT2D eigenvalue weighted by atomic mass is 9.89. The maximum atomic E-state index is 13.7. The van der Waals surface area contributed by atoms with E-state index in [2.05, 4.69) is 4.98 Å². The van der Waals surface area contributed by atoms with Crippen LogP contribution >= 0.6 is 11.6 Å². The molecule has 0 aliphatic heterocycles. The highest BCUT2D eigenvalue weighted by atomic mass is 35.5. The lowest BCUT2D eigenvalue weighted by Gasteiger charge is -2.09. The highest BCUT2D eigenvalue weighted by Crippen LogP contribution is 2.26. The van der Waals surface area contributed by atoms with E-state index in [4.69, 9.17) is 19.4 Å². The first-order valence-corrected chi connectivity index (χ1v) is 5.13. The summed E-state index contributed by atoms with van der Waals surface area (Å²) < 4.78 is 13.7. The van der Waals surface area contributed by atoms with Crippen LogP contribution < -0.4 is 5.46 Å². The number of hydrogen-bond donors (Lipinski definition) is 0. The first kappa shape index (κ1) is 11.1. The van der Waals surface area contributed by atoms with Crippen LogP contribution in [0.25, 0.3) is 11.1 Å². The van der Waals surface area contributed by atoms with Gasteiger partial charge in [0.1, 0.15) is 13.7 Å². The molecule has 0 saturated heterocycles. The maximum absolute atomic E-state index is 13.7. The van der Waals surface area contributed by atoms with E-state index in [0.717, 1.165) is 5.56 Å². The van der Waals surface area contributed by atoms with Gasteiger partial charge in [-0.1, -0.05) is 17.1 Å². The van der Waals surface area contributed by atoms with Gasteiger partial charge in [0.05, 0.1) is 0 Å². The Hall–Kier alpha value is -1.35. The molecular formula is C12H8BClFN. The zero-order valence-electron chi connectivity index (χ0n) is 8.67. The molecule has 0 amide bonds. The van der Waals surface area contributed by atoms with E-state index in [1.165, 1.54) is 6.07 Å². The highest BCUT2D eigenvalue weighted by molar-refractivity contribution is 6.33. The molecule has 4 heteroatoms. The Kier molecular flexibility index (Phi) is 2.97. The molecule has 1 aromatic heterocycles. The minimum Gasteiger partial charge on any atom is -0.265 e. The molecule has 1 heterocycles. The van der Waals surface area contributed by atoms with Crippen molar-refractivity contribution in [2.45, 2.75) is 6.92 Å². The molecule has 0 N–H and O–H groups in total. The number of aromatic nitrogens is 1. The first-order chi connectivity index (χ1) is 7.59. The third-order valence-corrected chi connectivity index (χ3v) is 2.71. The van der Waals surface area contributed by atoms with E-state index in [1.807, 2.05) is 6.92 Å². The van der Waals surface area contributed by atoms with Gasteiger partial charge in [-0.25, -0.2) is 4.39 Å². The van der Waals surface area contributed by atoms with Crippen LogP contribution in [0, 0.1) is 12.7 Å². The van der Waals surface area contributed by atoms with Crippen molar-refractivity contribution in [2.24, 2.45) is 0 Å². The smallest absolute Gasteiger partial charge is 0.132 e. The van der Waals surface area contributed by atoms with E-state index in [0.29, 0.717) is 21.6 Å². The van der Waals surface area contributed by atoms with Crippen molar-refractivity contribution in [2.75, 3.05) is 0 Å². The van der Waals surface area contributed by atoms with Crippen molar-refractivity contribution in [1.29, 1.82) is 0 Å². The zero-order valence-corrected chi connectivity index (χ0v) is 9.42. The summed E-state index contributed by atoms with van der Waals surface area (Å²) in [4.78, 5) is 3.96. The topological polar surface area (TPSA) is 12.9 Å². The van der Waals surface area contributed by atoms with E-state index >= 15 is 0 Å². The third-order valence-electron chi connectivity index (χ3n) is 2.48. The molecule has 2 rings (SSSR count). The number of nitrogens with zero attached hydrogens (tertiary/aromatic N) is 1. The average Bonchev–Trinajstić information content (AvgIpc) is 2.23. The Bertz CT molecular complexity index is 543. The summed E-state index contributed by atoms with van der Waals surface area (Å²) in [6.07, 6.45) is 3.14. The van der Waals surface area contributed by atoms with Crippen LogP contribution in [0.2, 0.25) is 5.02 Å². The quantitative estimate of drug-likeness (QED) is 0.688. The van der Waals surface area contributed by atoms with Gasteiger partial charge in [-0.15, -0.1) is 0 Å². The monoisotopic (exact) mass is 231 g/mol. The van der Waals surface area contributed by atoms with Crippen LogP contribution in [0.1, 0.15) is 5.56 Å². The van der Waals surface area contributed by atoms with Gasteiger partial charge in [0, 0.05) is 28.5 Å². The van der Waals surface area contributed by atoms with Gasteiger partial charge >= 0.3 is 0 Å². The van der Waals surface area contributed by atoms with Crippen molar-refractivity contribution in [3.63, 3.8) is 0 Å². The number of pyridine rings is 1. The normalized spacial score (nSPS) is 10.4. The van der Waals surface area contributed by atoms with Gasteiger partial charge in [0.15, 0.2) is 0 Å². The van der Waals surface area contributed by atoms with Crippen molar-refractivity contribution in [3.8, 4) is 11.1 Å². The van der Waals surface area contributed by atoms with Crippen LogP contribution in [0.5, 0.6) is 0 Å². The van der Waals surface area contributed by atoms with E-state index in [1.54, 1.807) is 24.5 Å². The van der Waals surface area contributed by atoms with Gasteiger partial charge < -0.3 is 0 Å². The molecule has 16 heavy (non-hydrogen) atoms. The predicted octanol–water partition coefficient (Wildman–Crippen LogP) is 2.64. The highest BCUT2D eigenvalue weighted by Gasteiger charge is 2.09. The summed E-state index contributed by atoms with van der Waals surface area (Å²) in [7, 11) is 5.73. The molecular weight excluding hydrogens is 223 g/mol. The van der Waals surface area contributed by atoms with Gasteiger partial charge in [-0.2, -0.15) is 0 Å². The predicted molar refractivity (Wildman–Crippen MR) is 64.8 cm³/mol. The maximum Gasteiger partial charge on any atom is 0.132 e. The molecule has 78 valence electrons. The zero-order chi connectivity index (χ0) is 11.7. The lowest BCUT2D eigenvalue weighted by Crippen LogP contribution is -2.09. The Morgan fingerprint density at radius 3 is 2.69 bits per heavy atom. The fourth-order valence-electron chi connectivity index (χ4n) is 1.52. The van der Waals surface area contributed by atoms with E-state index < -0.39 is 0 Å². The molecule has 2 aromatic rings. The largest absolute Gasteiger partial charge is 0.265 e. The molecule has 0 fully saturated rings. The second kappa shape index (κ2) is 4.26. The van der Waals surface area contributed by atoms with Crippen molar-refractivity contribution in [1.82, 2.24) is 4.98 Å². The third kappa shape index (κ3) is 1.95. The summed E-state index contributed by atoms with van der Waals surface area (Å²) in [6, 6.07) is 4.54.